The second-order valence-electron chi connectivity index (χ2n) is 4.47. The first-order chi connectivity index (χ1) is 9.15. The van der Waals surface area contributed by atoms with Crippen LogP contribution in [-0.2, 0) is 0 Å². The molecule has 0 saturated carbocycles. The van der Waals surface area contributed by atoms with Gasteiger partial charge in [0, 0.05) is 11.8 Å². The highest BCUT2D eigenvalue weighted by molar-refractivity contribution is 5.89. The summed E-state index contributed by atoms with van der Waals surface area (Å²) in [5.74, 6) is -0.180. The molecule has 0 aliphatic heterocycles. The maximum atomic E-state index is 11.0. The third-order valence-corrected chi connectivity index (χ3v) is 3.04. The minimum atomic E-state index is -0.932. The maximum absolute atomic E-state index is 11.0. The fourth-order valence-electron chi connectivity index (χ4n) is 2.10. The summed E-state index contributed by atoms with van der Waals surface area (Å²) in [5, 5.41) is 9.04. The average Bonchev–Trinajstić information content (AvgIpc) is 2.81. The van der Waals surface area contributed by atoms with Crippen LogP contribution in [0.2, 0.25) is 0 Å². The van der Waals surface area contributed by atoms with Crippen molar-refractivity contribution >= 4 is 11.5 Å². The van der Waals surface area contributed by atoms with Gasteiger partial charge in [0.1, 0.15) is 5.82 Å². The van der Waals surface area contributed by atoms with Gasteiger partial charge in [-0.25, -0.2) is 9.78 Å². The zero-order chi connectivity index (χ0) is 13.4. The van der Waals surface area contributed by atoms with Crippen LogP contribution in [0.25, 0.3) is 16.9 Å². The Morgan fingerprint density at radius 1 is 1.26 bits per heavy atom. The molecule has 0 unspecified atom stereocenters. The van der Waals surface area contributed by atoms with Crippen molar-refractivity contribution in [1.29, 1.82) is 0 Å². The predicted octanol–water partition coefficient (Wildman–Crippen LogP) is 3.01. The lowest BCUT2D eigenvalue weighted by Gasteiger charge is -2.03. The van der Waals surface area contributed by atoms with Crippen molar-refractivity contribution in [3.8, 4) is 11.4 Å². The number of nitrogens with zero attached hydrogens (tertiary/aromatic N) is 2. The van der Waals surface area contributed by atoms with Crippen molar-refractivity contribution < 1.29 is 9.90 Å². The van der Waals surface area contributed by atoms with Crippen LogP contribution < -0.4 is 0 Å². The molecule has 0 amide bonds. The van der Waals surface area contributed by atoms with E-state index in [0.717, 1.165) is 22.5 Å². The molecular weight excluding hydrogens is 240 g/mol. The molecule has 0 radical (unpaired) electrons. The van der Waals surface area contributed by atoms with E-state index in [1.54, 1.807) is 24.4 Å². The van der Waals surface area contributed by atoms with Crippen molar-refractivity contribution in [3.05, 3.63) is 59.9 Å². The number of fused-ring (bicyclic) bond motifs is 1. The third kappa shape index (κ3) is 1.97. The number of aromatic nitrogens is 2. The molecule has 1 N–H and O–H groups in total. The van der Waals surface area contributed by atoms with E-state index >= 15 is 0 Å². The summed E-state index contributed by atoms with van der Waals surface area (Å²) in [7, 11) is 0. The number of carboxylic acid groups (broad SMARTS) is 1. The van der Waals surface area contributed by atoms with E-state index in [-0.39, 0.29) is 5.56 Å². The normalized spacial score (nSPS) is 10.8. The molecule has 4 heteroatoms. The summed E-state index contributed by atoms with van der Waals surface area (Å²) in [5.41, 5.74) is 3.18. The zero-order valence-electron chi connectivity index (χ0n) is 10.4. The predicted molar refractivity (Wildman–Crippen MR) is 72.3 cm³/mol. The first-order valence-electron chi connectivity index (χ1n) is 5.92. The lowest BCUT2D eigenvalue weighted by atomic mass is 10.1. The van der Waals surface area contributed by atoms with Gasteiger partial charge in [-0.2, -0.15) is 0 Å². The Labute approximate surface area is 110 Å². The second kappa shape index (κ2) is 4.24. The first kappa shape index (κ1) is 11.5. The van der Waals surface area contributed by atoms with E-state index in [4.69, 9.17) is 5.11 Å². The maximum Gasteiger partial charge on any atom is 0.335 e. The molecule has 0 saturated heterocycles. The molecule has 2 aromatic heterocycles. The van der Waals surface area contributed by atoms with Gasteiger partial charge in [-0.1, -0.05) is 18.2 Å². The van der Waals surface area contributed by atoms with Crippen molar-refractivity contribution in [1.82, 2.24) is 9.38 Å². The number of aromatic carboxylic acids is 1. The standard InChI is InChI=1S/C15H12N2O2/c1-10-5-6-13-8-16-14(17(13)9-10)11-3-2-4-12(7-11)15(18)19/h2-9H,1H3,(H,18,19). The number of imidazole rings is 1. The first-order valence-corrected chi connectivity index (χ1v) is 5.92. The Balaban J connectivity index is 2.21. The number of pyridine rings is 1. The Kier molecular flexibility index (Phi) is 2.56. The Hall–Kier alpha value is -2.62. The quantitative estimate of drug-likeness (QED) is 0.762. The van der Waals surface area contributed by atoms with Crippen molar-refractivity contribution in [2.24, 2.45) is 0 Å². The fraction of sp³-hybridized carbons (Fsp3) is 0.0667. The van der Waals surface area contributed by atoms with Gasteiger partial charge in [-0.05, 0) is 30.7 Å². The number of aryl methyl sites for hydroxylation is 1. The monoisotopic (exact) mass is 252 g/mol. The van der Waals surface area contributed by atoms with E-state index < -0.39 is 5.97 Å². The fourth-order valence-corrected chi connectivity index (χ4v) is 2.10. The number of rotatable bonds is 2. The van der Waals surface area contributed by atoms with Crippen LogP contribution in [0.4, 0.5) is 0 Å². The van der Waals surface area contributed by atoms with E-state index in [1.165, 1.54) is 0 Å². The van der Waals surface area contributed by atoms with Gasteiger partial charge >= 0.3 is 5.97 Å². The highest BCUT2D eigenvalue weighted by Crippen LogP contribution is 2.21. The van der Waals surface area contributed by atoms with Crippen LogP contribution in [0.5, 0.6) is 0 Å². The van der Waals surface area contributed by atoms with Gasteiger partial charge < -0.3 is 5.11 Å². The summed E-state index contributed by atoms with van der Waals surface area (Å²) in [4.78, 5) is 15.4. The summed E-state index contributed by atoms with van der Waals surface area (Å²) >= 11 is 0. The van der Waals surface area contributed by atoms with Gasteiger partial charge in [-0.15, -0.1) is 0 Å². The lowest BCUT2D eigenvalue weighted by molar-refractivity contribution is 0.0697. The SMILES string of the molecule is Cc1ccc2cnc(-c3cccc(C(=O)O)c3)n2c1. The van der Waals surface area contributed by atoms with Crippen LogP contribution in [-0.4, -0.2) is 20.5 Å². The molecule has 3 aromatic rings. The zero-order valence-corrected chi connectivity index (χ0v) is 10.4. The van der Waals surface area contributed by atoms with Gasteiger partial charge in [0.25, 0.3) is 0 Å². The third-order valence-electron chi connectivity index (χ3n) is 3.04. The smallest absolute Gasteiger partial charge is 0.335 e. The molecule has 0 aliphatic rings. The summed E-state index contributed by atoms with van der Waals surface area (Å²) in [6.07, 6.45) is 3.77. The lowest BCUT2D eigenvalue weighted by Crippen LogP contribution is -1.97. The van der Waals surface area contributed by atoms with Gasteiger partial charge in [0.15, 0.2) is 0 Å². The highest BCUT2D eigenvalue weighted by Gasteiger charge is 2.09. The molecule has 2 heterocycles. The average molecular weight is 252 g/mol. The van der Waals surface area contributed by atoms with E-state index in [0.29, 0.717) is 0 Å². The summed E-state index contributed by atoms with van der Waals surface area (Å²) in [6.45, 7) is 2.01. The number of hydrogen-bond donors (Lipinski definition) is 1. The van der Waals surface area contributed by atoms with Crippen molar-refractivity contribution in [3.63, 3.8) is 0 Å². The van der Waals surface area contributed by atoms with Gasteiger partial charge in [0.2, 0.25) is 0 Å². The molecule has 4 nitrogen and oxygen atoms in total. The number of carboxylic acids is 1. The van der Waals surface area contributed by atoms with Crippen molar-refractivity contribution in [2.45, 2.75) is 6.92 Å². The molecule has 0 aliphatic carbocycles. The Morgan fingerprint density at radius 3 is 2.89 bits per heavy atom. The van der Waals surface area contributed by atoms with Crippen LogP contribution >= 0.6 is 0 Å². The molecule has 1 aromatic carbocycles. The van der Waals surface area contributed by atoms with Crippen LogP contribution in [0, 0.1) is 6.92 Å². The summed E-state index contributed by atoms with van der Waals surface area (Å²) in [6, 6.07) is 10.8. The largest absolute Gasteiger partial charge is 0.478 e. The molecule has 0 atom stereocenters. The number of benzene rings is 1. The molecular formula is C15H12N2O2. The minimum Gasteiger partial charge on any atom is -0.478 e. The van der Waals surface area contributed by atoms with Crippen LogP contribution in [0.15, 0.2) is 48.8 Å². The van der Waals surface area contributed by atoms with E-state index in [9.17, 15) is 4.79 Å². The Morgan fingerprint density at radius 2 is 2.11 bits per heavy atom. The molecule has 0 spiro atoms. The highest BCUT2D eigenvalue weighted by atomic mass is 16.4. The minimum absolute atomic E-state index is 0.266. The van der Waals surface area contributed by atoms with E-state index in [2.05, 4.69) is 4.98 Å². The Bertz CT molecular complexity index is 775. The molecule has 0 fully saturated rings. The van der Waals surface area contributed by atoms with Crippen LogP contribution in [0.3, 0.4) is 0 Å². The molecule has 94 valence electrons. The van der Waals surface area contributed by atoms with E-state index in [1.807, 2.05) is 35.7 Å². The topological polar surface area (TPSA) is 54.6 Å². The molecule has 19 heavy (non-hydrogen) atoms. The number of hydrogen-bond acceptors (Lipinski definition) is 2. The van der Waals surface area contributed by atoms with Crippen LogP contribution in [0.1, 0.15) is 15.9 Å². The van der Waals surface area contributed by atoms with Gasteiger partial charge in [0.05, 0.1) is 17.3 Å². The van der Waals surface area contributed by atoms with Crippen molar-refractivity contribution in [2.75, 3.05) is 0 Å². The molecule has 3 rings (SSSR count). The summed E-state index contributed by atoms with van der Waals surface area (Å²) < 4.78 is 1.97. The second-order valence-corrected chi connectivity index (χ2v) is 4.47. The van der Waals surface area contributed by atoms with Gasteiger partial charge in [-0.3, -0.25) is 4.40 Å². The molecule has 0 bridgehead atoms. The number of carbonyl (C=O) groups is 1.